The smallest absolute Gasteiger partial charge is 0.410 e. The predicted octanol–water partition coefficient (Wildman–Crippen LogP) is 5.00. The zero-order chi connectivity index (χ0) is 24.0. The van der Waals surface area contributed by atoms with E-state index in [1.807, 2.05) is 0 Å². The molecule has 0 saturated carbocycles. The number of cyclic esters (lactones) is 1. The number of nitrogens with zero attached hydrogens (tertiary/aromatic N) is 1. The number of carboxylic acids is 1. The summed E-state index contributed by atoms with van der Waals surface area (Å²) in [5.41, 5.74) is 0.681. The highest BCUT2D eigenvalue weighted by atomic mass is 79.9. The Labute approximate surface area is 198 Å². The lowest BCUT2D eigenvalue weighted by Crippen LogP contribution is -2.45. The predicted molar refractivity (Wildman–Crippen MR) is 121 cm³/mol. The number of hydrogen-bond acceptors (Lipinski definition) is 4. The number of alkyl halides is 2. The van der Waals surface area contributed by atoms with Gasteiger partial charge in [0.1, 0.15) is 6.10 Å². The van der Waals surface area contributed by atoms with Crippen molar-refractivity contribution in [2.45, 2.75) is 37.3 Å². The summed E-state index contributed by atoms with van der Waals surface area (Å²) in [4.78, 5) is 24.8. The normalized spacial score (nSPS) is 17.8. The first kappa shape index (κ1) is 24.9. The van der Waals surface area contributed by atoms with E-state index < -0.39 is 30.1 Å². The zero-order valence-corrected chi connectivity index (χ0v) is 19.3. The van der Waals surface area contributed by atoms with Gasteiger partial charge in [0, 0.05) is 23.0 Å². The highest BCUT2D eigenvalue weighted by Crippen LogP contribution is 2.34. The van der Waals surface area contributed by atoms with Crippen LogP contribution in [-0.4, -0.2) is 52.5 Å². The molecule has 0 radical (unpaired) electrons. The molecule has 1 amide bonds. The lowest BCUT2D eigenvalue weighted by atomic mass is 10.0. The Bertz CT molecular complexity index is 1030. The summed E-state index contributed by atoms with van der Waals surface area (Å²) in [6.45, 7) is 0.451. The maximum absolute atomic E-state index is 14.7. The van der Waals surface area contributed by atoms with E-state index in [0.29, 0.717) is 30.3 Å². The van der Waals surface area contributed by atoms with Crippen LogP contribution in [0.3, 0.4) is 0 Å². The van der Waals surface area contributed by atoms with Gasteiger partial charge < -0.3 is 19.8 Å². The monoisotopic (exact) mass is 523 g/mol. The number of aryl methyl sites for hydroxylation is 1. The fraction of sp³-hybridized carbons (Fsp3) is 0.333. The van der Waals surface area contributed by atoms with E-state index in [1.54, 1.807) is 24.3 Å². The van der Waals surface area contributed by atoms with Crippen molar-refractivity contribution in [2.75, 3.05) is 13.2 Å². The first-order valence-electron chi connectivity index (χ1n) is 10.4. The molecule has 0 spiro atoms. The van der Waals surface area contributed by atoms with E-state index in [1.165, 1.54) is 35.2 Å². The molecule has 33 heavy (non-hydrogen) atoms. The molecule has 0 unspecified atom stereocenters. The number of aromatic carboxylic acids is 1. The number of rotatable bonds is 9. The molecule has 6 nitrogen and oxygen atoms in total. The van der Waals surface area contributed by atoms with Gasteiger partial charge >= 0.3 is 18.0 Å². The fourth-order valence-corrected chi connectivity index (χ4v) is 4.03. The summed E-state index contributed by atoms with van der Waals surface area (Å²) < 4.78 is 34.9. The topological polar surface area (TPSA) is 87.1 Å². The van der Waals surface area contributed by atoms with E-state index in [0.717, 1.165) is 11.6 Å². The van der Waals surface area contributed by atoms with Crippen molar-refractivity contribution >= 4 is 28.0 Å². The Morgan fingerprint density at radius 3 is 2.76 bits per heavy atom. The number of aliphatic hydroxyl groups excluding tert-OH is 1. The number of amides is 1. The molecule has 2 atom stereocenters. The Morgan fingerprint density at radius 2 is 2.03 bits per heavy atom. The minimum absolute atomic E-state index is 0.156. The van der Waals surface area contributed by atoms with Crippen LogP contribution in [0, 0.1) is 0 Å². The Hall–Kier alpha value is -2.78. The maximum Gasteiger partial charge on any atom is 0.410 e. The van der Waals surface area contributed by atoms with Crippen LogP contribution in [0.25, 0.3) is 0 Å². The largest absolute Gasteiger partial charge is 0.478 e. The van der Waals surface area contributed by atoms with E-state index in [4.69, 9.17) is 9.84 Å². The van der Waals surface area contributed by atoms with Gasteiger partial charge in [-0.15, -0.1) is 0 Å². The molecule has 9 heteroatoms. The number of hydrogen-bond donors (Lipinski definition) is 2. The standard InChI is InChI=1S/C24H24BrF2NO5/c25-19-8-2-7-18(15-19)24(26,27)21(29)10-9-20-11-13-33-23(32)28(20)12-3-5-16-4-1-6-17(14-16)22(30)31/h1-2,4,6-10,14-15,20-21,29H,3,5,11-13H2,(H,30,31)/t20-,21+/m0/s1. The Balaban J connectivity index is 1.64. The van der Waals surface area contributed by atoms with Crippen LogP contribution in [0.1, 0.15) is 34.3 Å². The van der Waals surface area contributed by atoms with Crippen LogP contribution in [-0.2, 0) is 17.1 Å². The Morgan fingerprint density at radius 1 is 1.27 bits per heavy atom. The third kappa shape index (κ3) is 6.39. The molecule has 3 rings (SSSR count). The summed E-state index contributed by atoms with van der Waals surface area (Å²) in [5.74, 6) is -4.52. The van der Waals surface area contributed by atoms with Crippen LogP contribution in [0.4, 0.5) is 13.6 Å². The molecule has 1 aliphatic heterocycles. The second-order valence-electron chi connectivity index (χ2n) is 7.74. The van der Waals surface area contributed by atoms with Crippen molar-refractivity contribution in [3.05, 3.63) is 81.8 Å². The minimum atomic E-state index is -3.50. The van der Waals surface area contributed by atoms with Crippen LogP contribution < -0.4 is 0 Å². The summed E-state index contributed by atoms with van der Waals surface area (Å²) in [7, 11) is 0. The number of carbonyl (C=O) groups excluding carboxylic acids is 1. The Kier molecular flexibility index (Phi) is 8.20. The summed E-state index contributed by atoms with van der Waals surface area (Å²) in [6.07, 6.45) is 1.29. The average Bonchev–Trinajstić information content (AvgIpc) is 2.79. The van der Waals surface area contributed by atoms with Gasteiger partial charge in [-0.05, 0) is 42.7 Å². The minimum Gasteiger partial charge on any atom is -0.478 e. The van der Waals surface area contributed by atoms with E-state index in [-0.39, 0.29) is 17.7 Å². The van der Waals surface area contributed by atoms with Crippen LogP contribution in [0.5, 0.6) is 0 Å². The van der Waals surface area contributed by atoms with Gasteiger partial charge in [-0.3, -0.25) is 0 Å². The zero-order valence-electron chi connectivity index (χ0n) is 17.7. The molecular formula is C24H24BrF2NO5. The number of ether oxygens (including phenoxy) is 1. The lowest BCUT2D eigenvalue weighted by Gasteiger charge is -2.33. The molecule has 0 aliphatic carbocycles. The number of benzene rings is 2. The maximum atomic E-state index is 14.7. The summed E-state index contributed by atoms with van der Waals surface area (Å²) in [5, 5.41) is 19.3. The third-order valence-electron chi connectivity index (χ3n) is 5.41. The molecule has 2 N–H and O–H groups in total. The van der Waals surface area contributed by atoms with Gasteiger partial charge in [0.15, 0.2) is 0 Å². The number of carboxylic acid groups (broad SMARTS) is 1. The molecule has 0 aromatic heterocycles. The molecule has 2 aromatic carbocycles. The van der Waals surface area contributed by atoms with Crippen molar-refractivity contribution < 1.29 is 33.3 Å². The molecule has 176 valence electrons. The molecule has 2 aromatic rings. The van der Waals surface area contributed by atoms with Crippen molar-refractivity contribution in [3.63, 3.8) is 0 Å². The molecular weight excluding hydrogens is 500 g/mol. The SMILES string of the molecule is O=C(O)c1cccc(CCCN2C(=O)OCC[C@@H]2C=C[C@@H](O)C(F)(F)c2cccc(Br)c2)c1. The molecule has 1 saturated heterocycles. The summed E-state index contributed by atoms with van der Waals surface area (Å²) >= 11 is 3.15. The second kappa shape index (κ2) is 10.9. The fourth-order valence-electron chi connectivity index (χ4n) is 3.63. The second-order valence-corrected chi connectivity index (χ2v) is 8.65. The van der Waals surface area contributed by atoms with E-state index in [2.05, 4.69) is 15.9 Å². The number of carbonyl (C=O) groups is 2. The van der Waals surface area contributed by atoms with Crippen LogP contribution in [0.2, 0.25) is 0 Å². The van der Waals surface area contributed by atoms with Crippen molar-refractivity contribution in [1.29, 1.82) is 0 Å². The lowest BCUT2D eigenvalue weighted by molar-refractivity contribution is -0.0930. The van der Waals surface area contributed by atoms with Crippen LogP contribution >= 0.6 is 15.9 Å². The van der Waals surface area contributed by atoms with E-state index >= 15 is 0 Å². The first-order chi connectivity index (χ1) is 15.7. The van der Waals surface area contributed by atoms with E-state index in [9.17, 15) is 23.5 Å². The van der Waals surface area contributed by atoms with Crippen LogP contribution in [0.15, 0.2) is 65.2 Å². The van der Waals surface area contributed by atoms with Gasteiger partial charge in [-0.1, -0.05) is 52.3 Å². The van der Waals surface area contributed by atoms with Crippen molar-refractivity contribution in [1.82, 2.24) is 4.90 Å². The summed E-state index contributed by atoms with van der Waals surface area (Å²) in [6, 6.07) is 11.6. The average molecular weight is 524 g/mol. The molecule has 1 heterocycles. The van der Waals surface area contributed by atoms with Gasteiger partial charge in [0.25, 0.3) is 0 Å². The van der Waals surface area contributed by atoms with Crippen molar-refractivity contribution in [2.24, 2.45) is 0 Å². The number of aliphatic hydroxyl groups is 1. The molecule has 1 fully saturated rings. The highest BCUT2D eigenvalue weighted by Gasteiger charge is 2.39. The molecule has 0 bridgehead atoms. The van der Waals surface area contributed by atoms with Gasteiger partial charge in [-0.2, -0.15) is 8.78 Å². The molecule has 1 aliphatic rings. The quantitative estimate of drug-likeness (QED) is 0.451. The number of halogens is 3. The van der Waals surface area contributed by atoms with Crippen molar-refractivity contribution in [3.8, 4) is 0 Å². The van der Waals surface area contributed by atoms with Gasteiger partial charge in [0.2, 0.25) is 0 Å². The van der Waals surface area contributed by atoms with Gasteiger partial charge in [-0.25, -0.2) is 9.59 Å². The first-order valence-corrected chi connectivity index (χ1v) is 11.2. The highest BCUT2D eigenvalue weighted by molar-refractivity contribution is 9.10. The van der Waals surface area contributed by atoms with Gasteiger partial charge in [0.05, 0.1) is 18.2 Å². The third-order valence-corrected chi connectivity index (χ3v) is 5.90.